The van der Waals surface area contributed by atoms with Crippen molar-refractivity contribution in [3.05, 3.63) is 35.7 Å². The van der Waals surface area contributed by atoms with Gasteiger partial charge in [0.25, 0.3) is 11.6 Å². The van der Waals surface area contributed by atoms with Gasteiger partial charge in [-0.05, 0) is 18.6 Å². The summed E-state index contributed by atoms with van der Waals surface area (Å²) < 4.78 is 58.5. The molecule has 1 aromatic carbocycles. The summed E-state index contributed by atoms with van der Waals surface area (Å²) in [5.74, 6) is -0.122. The number of alkyl halides is 2. The number of rotatable bonds is 4. The van der Waals surface area contributed by atoms with Crippen LogP contribution in [0.4, 0.5) is 14.6 Å². The van der Waals surface area contributed by atoms with Crippen LogP contribution in [0.25, 0.3) is 16.9 Å². The average molecular weight is 423 g/mol. The molecule has 1 saturated heterocycles. The number of anilines is 1. The number of benzene rings is 1. The van der Waals surface area contributed by atoms with Gasteiger partial charge in [0.2, 0.25) is 9.84 Å². The minimum Gasteiger partial charge on any atom is -0.378 e. The Bertz CT molecular complexity index is 1170. The Kier molecular flexibility index (Phi) is 4.95. The molecule has 0 amide bonds. The topological polar surface area (TPSA) is 90.2 Å². The lowest BCUT2D eigenvalue weighted by atomic mass is 10.2. The van der Waals surface area contributed by atoms with Gasteiger partial charge in [0.1, 0.15) is 11.6 Å². The van der Waals surface area contributed by atoms with Crippen LogP contribution in [0.5, 0.6) is 0 Å². The van der Waals surface area contributed by atoms with E-state index in [1.807, 2.05) is 4.90 Å². The second-order valence-corrected chi connectivity index (χ2v) is 8.70. The van der Waals surface area contributed by atoms with Crippen molar-refractivity contribution < 1.29 is 21.9 Å². The highest BCUT2D eigenvalue weighted by Gasteiger charge is 2.25. The van der Waals surface area contributed by atoms with E-state index in [0.29, 0.717) is 48.7 Å². The van der Waals surface area contributed by atoms with Crippen molar-refractivity contribution in [2.24, 2.45) is 0 Å². The Morgan fingerprint density at radius 3 is 2.45 bits per heavy atom. The summed E-state index contributed by atoms with van der Waals surface area (Å²) in [7, 11) is -3.78. The minimum atomic E-state index is -3.78. The van der Waals surface area contributed by atoms with Gasteiger partial charge in [-0.3, -0.25) is 4.57 Å². The summed E-state index contributed by atoms with van der Waals surface area (Å²) in [5, 5.41) is -0.424. The monoisotopic (exact) mass is 423 g/mol. The molecule has 3 aromatic rings. The van der Waals surface area contributed by atoms with E-state index in [-0.39, 0.29) is 5.82 Å². The molecule has 4 rings (SSSR count). The van der Waals surface area contributed by atoms with Gasteiger partial charge in [0.15, 0.2) is 5.82 Å². The molecule has 0 N–H and O–H groups in total. The Hall–Kier alpha value is -2.66. The first-order chi connectivity index (χ1) is 13.8. The van der Waals surface area contributed by atoms with E-state index in [4.69, 9.17) is 4.74 Å². The number of ether oxygens (including phenoxy) is 1. The van der Waals surface area contributed by atoms with E-state index < -0.39 is 27.2 Å². The van der Waals surface area contributed by atoms with Crippen LogP contribution in [-0.2, 0) is 14.6 Å². The van der Waals surface area contributed by atoms with Crippen LogP contribution >= 0.6 is 0 Å². The van der Waals surface area contributed by atoms with Crippen molar-refractivity contribution in [2.75, 3.05) is 37.5 Å². The van der Waals surface area contributed by atoms with Gasteiger partial charge in [-0.15, -0.1) is 0 Å². The van der Waals surface area contributed by atoms with Crippen molar-refractivity contribution in [3.63, 3.8) is 0 Å². The van der Waals surface area contributed by atoms with Crippen LogP contribution in [0.1, 0.15) is 17.8 Å². The number of fused-ring (bicyclic) bond motifs is 1. The molecular weight excluding hydrogens is 404 g/mol. The SMILES string of the molecule is Cc1cccc2nc(C(F)F)n(-c3cc(N4CCOCC4)nc(S(C)(=O)=O)n3)c12. The molecular formula is C18H19F2N5O3S. The normalized spacial score (nSPS) is 15.4. The summed E-state index contributed by atoms with van der Waals surface area (Å²) in [5.41, 5.74) is 1.55. The molecule has 0 aliphatic carbocycles. The second kappa shape index (κ2) is 7.30. The van der Waals surface area contributed by atoms with E-state index in [9.17, 15) is 17.2 Å². The van der Waals surface area contributed by atoms with E-state index in [1.165, 1.54) is 10.6 Å². The van der Waals surface area contributed by atoms with Gasteiger partial charge in [0, 0.05) is 25.4 Å². The Morgan fingerprint density at radius 2 is 1.79 bits per heavy atom. The van der Waals surface area contributed by atoms with Crippen molar-refractivity contribution in [3.8, 4) is 5.82 Å². The highest BCUT2D eigenvalue weighted by Crippen LogP contribution is 2.30. The predicted octanol–water partition coefficient (Wildman–Crippen LogP) is 2.30. The lowest BCUT2D eigenvalue weighted by Gasteiger charge is -2.28. The van der Waals surface area contributed by atoms with Gasteiger partial charge in [0.05, 0.1) is 24.2 Å². The molecule has 0 saturated carbocycles. The van der Waals surface area contributed by atoms with E-state index in [0.717, 1.165) is 6.26 Å². The standard InChI is InChI=1S/C18H19F2N5O3S/c1-11-4-3-5-12-15(11)25(17(21-12)16(19)20)14-10-13(24-6-8-28-9-7-24)22-18(23-14)29(2,26)27/h3-5,10,16H,6-9H2,1-2H3. The van der Waals surface area contributed by atoms with Crippen molar-refractivity contribution in [1.29, 1.82) is 0 Å². The molecule has 0 bridgehead atoms. The van der Waals surface area contributed by atoms with Crippen LogP contribution in [-0.4, -0.2) is 60.5 Å². The number of aryl methyl sites for hydroxylation is 1. The number of aromatic nitrogens is 4. The van der Waals surface area contributed by atoms with Gasteiger partial charge >= 0.3 is 0 Å². The fraction of sp³-hybridized carbons (Fsp3) is 0.389. The van der Waals surface area contributed by atoms with Crippen LogP contribution < -0.4 is 4.90 Å². The van der Waals surface area contributed by atoms with Crippen LogP contribution in [0.2, 0.25) is 0 Å². The number of para-hydroxylation sites is 1. The molecule has 8 nitrogen and oxygen atoms in total. The summed E-state index contributed by atoms with van der Waals surface area (Å²) in [6.45, 7) is 3.71. The van der Waals surface area contributed by atoms with Crippen LogP contribution in [0.15, 0.2) is 29.4 Å². The summed E-state index contributed by atoms with van der Waals surface area (Å²) in [6, 6.07) is 6.65. The largest absolute Gasteiger partial charge is 0.378 e. The first-order valence-corrected chi connectivity index (χ1v) is 10.8. The summed E-state index contributed by atoms with van der Waals surface area (Å²) in [6.07, 6.45) is -1.88. The van der Waals surface area contributed by atoms with Gasteiger partial charge < -0.3 is 9.64 Å². The fourth-order valence-electron chi connectivity index (χ4n) is 3.33. The number of nitrogens with zero attached hydrogens (tertiary/aromatic N) is 5. The number of imidazole rings is 1. The lowest BCUT2D eigenvalue weighted by Crippen LogP contribution is -2.37. The highest BCUT2D eigenvalue weighted by atomic mass is 32.2. The zero-order chi connectivity index (χ0) is 20.8. The number of hydrogen-bond acceptors (Lipinski definition) is 7. The third-order valence-corrected chi connectivity index (χ3v) is 5.52. The smallest absolute Gasteiger partial charge is 0.296 e. The number of sulfone groups is 1. The van der Waals surface area contributed by atoms with Crippen LogP contribution in [0.3, 0.4) is 0 Å². The molecule has 0 spiro atoms. The molecule has 11 heteroatoms. The number of halogens is 2. The van der Waals surface area contributed by atoms with Gasteiger partial charge in [-0.2, -0.15) is 0 Å². The molecule has 154 valence electrons. The molecule has 0 atom stereocenters. The van der Waals surface area contributed by atoms with Crippen molar-refractivity contribution in [1.82, 2.24) is 19.5 Å². The maximum Gasteiger partial charge on any atom is 0.296 e. The lowest BCUT2D eigenvalue weighted by molar-refractivity contribution is 0.122. The third kappa shape index (κ3) is 3.67. The van der Waals surface area contributed by atoms with Crippen molar-refractivity contribution >= 4 is 26.7 Å². The predicted molar refractivity (Wildman–Crippen MR) is 102 cm³/mol. The maximum absolute atomic E-state index is 13.8. The quantitative estimate of drug-likeness (QED) is 0.595. The molecule has 1 aliphatic heterocycles. The maximum atomic E-state index is 13.8. The molecule has 1 aliphatic rings. The summed E-state index contributed by atoms with van der Waals surface area (Å²) in [4.78, 5) is 14.2. The zero-order valence-corrected chi connectivity index (χ0v) is 16.7. The second-order valence-electron chi connectivity index (χ2n) is 6.79. The summed E-state index contributed by atoms with van der Waals surface area (Å²) >= 11 is 0. The van der Waals surface area contributed by atoms with Crippen molar-refractivity contribution in [2.45, 2.75) is 18.5 Å². The third-order valence-electron chi connectivity index (χ3n) is 4.67. The van der Waals surface area contributed by atoms with E-state index in [2.05, 4.69) is 15.0 Å². The Balaban J connectivity index is 2.01. The number of hydrogen-bond donors (Lipinski definition) is 0. The molecule has 0 unspecified atom stereocenters. The van der Waals surface area contributed by atoms with Crippen LogP contribution in [0, 0.1) is 6.92 Å². The van der Waals surface area contributed by atoms with Gasteiger partial charge in [-0.25, -0.2) is 32.2 Å². The Labute approximate surface area is 166 Å². The van der Waals surface area contributed by atoms with Gasteiger partial charge in [-0.1, -0.05) is 12.1 Å². The number of morpholine rings is 1. The Morgan fingerprint density at radius 1 is 1.10 bits per heavy atom. The molecule has 29 heavy (non-hydrogen) atoms. The first-order valence-electron chi connectivity index (χ1n) is 8.94. The molecule has 0 radical (unpaired) electrons. The van der Waals surface area contributed by atoms with E-state index >= 15 is 0 Å². The zero-order valence-electron chi connectivity index (χ0n) is 15.8. The highest BCUT2D eigenvalue weighted by molar-refractivity contribution is 7.90. The van der Waals surface area contributed by atoms with E-state index in [1.54, 1.807) is 25.1 Å². The fourth-order valence-corrected chi connectivity index (χ4v) is 3.85. The molecule has 3 heterocycles. The first kappa shape index (κ1) is 19.6. The molecule has 2 aromatic heterocycles. The molecule has 1 fully saturated rings. The average Bonchev–Trinajstić information content (AvgIpc) is 3.09. The minimum absolute atomic E-state index is 0.0361.